The number of imidazole rings is 1. The van der Waals surface area contributed by atoms with E-state index in [0.29, 0.717) is 0 Å². The number of aryl methyl sites for hydroxylation is 2. The molecule has 0 saturated heterocycles. The Morgan fingerprint density at radius 1 is 1.44 bits per heavy atom. The molecule has 0 spiro atoms. The van der Waals surface area contributed by atoms with Crippen LogP contribution >= 0.6 is 0 Å². The Labute approximate surface area is 95.1 Å². The quantitative estimate of drug-likeness (QED) is 0.754. The minimum atomic E-state index is 0.853. The first-order chi connectivity index (χ1) is 7.75. The van der Waals surface area contributed by atoms with Gasteiger partial charge in [0, 0.05) is 39.1 Å². The highest BCUT2D eigenvalue weighted by Gasteiger charge is 2.00. The van der Waals surface area contributed by atoms with Crippen molar-refractivity contribution in [1.82, 2.24) is 24.6 Å². The van der Waals surface area contributed by atoms with Gasteiger partial charge in [0.2, 0.25) is 0 Å². The third-order valence-corrected chi connectivity index (χ3v) is 2.51. The molecule has 0 saturated carbocycles. The molecule has 86 valence electrons. The molecule has 16 heavy (non-hydrogen) atoms. The molecule has 0 fully saturated rings. The Hall–Kier alpha value is -1.62. The van der Waals surface area contributed by atoms with Gasteiger partial charge in [0.05, 0.1) is 17.7 Å². The summed E-state index contributed by atoms with van der Waals surface area (Å²) >= 11 is 0. The molecule has 0 bridgehead atoms. The van der Waals surface area contributed by atoms with E-state index in [4.69, 9.17) is 0 Å². The van der Waals surface area contributed by atoms with Crippen LogP contribution in [0.4, 0.5) is 0 Å². The van der Waals surface area contributed by atoms with Gasteiger partial charge in [-0.2, -0.15) is 5.10 Å². The fourth-order valence-electron chi connectivity index (χ4n) is 1.67. The van der Waals surface area contributed by atoms with Crippen LogP contribution < -0.4 is 5.32 Å². The second kappa shape index (κ2) is 4.94. The first kappa shape index (κ1) is 10.9. The number of nitrogens with one attached hydrogen (secondary N) is 1. The molecule has 2 aromatic heterocycles. The van der Waals surface area contributed by atoms with Crippen molar-refractivity contribution in [2.24, 2.45) is 7.05 Å². The first-order valence-electron chi connectivity index (χ1n) is 5.41. The lowest BCUT2D eigenvalue weighted by molar-refractivity contribution is 0.573. The molecule has 0 aliphatic rings. The van der Waals surface area contributed by atoms with Crippen molar-refractivity contribution in [2.45, 2.75) is 20.0 Å². The highest BCUT2D eigenvalue weighted by molar-refractivity contribution is 5.08. The van der Waals surface area contributed by atoms with Gasteiger partial charge in [0.1, 0.15) is 0 Å². The number of nitrogens with zero attached hydrogens (tertiary/aromatic N) is 4. The van der Waals surface area contributed by atoms with E-state index >= 15 is 0 Å². The molecule has 0 radical (unpaired) electrons. The summed E-state index contributed by atoms with van der Waals surface area (Å²) in [5.74, 6) is 0. The third-order valence-electron chi connectivity index (χ3n) is 2.51. The molecular weight excluding hydrogens is 202 g/mol. The van der Waals surface area contributed by atoms with E-state index < -0.39 is 0 Å². The van der Waals surface area contributed by atoms with Crippen molar-refractivity contribution >= 4 is 0 Å². The standard InChI is InChI=1S/C11H17N5/c1-10-7-11(15(2)14-10)8-12-3-5-16-6-4-13-9-16/h4,6-7,9,12H,3,5,8H2,1-2H3. The Bertz CT molecular complexity index is 429. The maximum atomic E-state index is 4.30. The summed E-state index contributed by atoms with van der Waals surface area (Å²) in [5, 5.41) is 7.69. The van der Waals surface area contributed by atoms with Gasteiger partial charge in [-0.05, 0) is 13.0 Å². The topological polar surface area (TPSA) is 47.7 Å². The zero-order valence-corrected chi connectivity index (χ0v) is 9.72. The lowest BCUT2D eigenvalue weighted by Crippen LogP contribution is -2.20. The summed E-state index contributed by atoms with van der Waals surface area (Å²) in [4.78, 5) is 4.00. The highest BCUT2D eigenvalue weighted by atomic mass is 15.3. The van der Waals surface area contributed by atoms with Crippen LogP contribution in [0.2, 0.25) is 0 Å². The number of hydrogen-bond acceptors (Lipinski definition) is 3. The molecule has 0 aliphatic heterocycles. The molecule has 5 heteroatoms. The average Bonchev–Trinajstić information content (AvgIpc) is 2.84. The van der Waals surface area contributed by atoms with Gasteiger partial charge in [0.15, 0.2) is 0 Å². The number of hydrogen-bond donors (Lipinski definition) is 1. The molecule has 2 rings (SSSR count). The van der Waals surface area contributed by atoms with Crippen LogP contribution in [0, 0.1) is 6.92 Å². The second-order valence-corrected chi connectivity index (χ2v) is 3.88. The van der Waals surface area contributed by atoms with Crippen LogP contribution in [-0.2, 0) is 20.1 Å². The Morgan fingerprint density at radius 2 is 2.31 bits per heavy atom. The fourth-order valence-corrected chi connectivity index (χ4v) is 1.67. The Kier molecular flexibility index (Phi) is 3.36. The summed E-state index contributed by atoms with van der Waals surface area (Å²) in [5.41, 5.74) is 2.28. The Balaban J connectivity index is 1.74. The number of aromatic nitrogens is 4. The molecule has 0 aliphatic carbocycles. The van der Waals surface area contributed by atoms with E-state index in [1.807, 2.05) is 31.2 Å². The molecule has 2 heterocycles. The first-order valence-corrected chi connectivity index (χ1v) is 5.41. The molecule has 0 atom stereocenters. The minimum Gasteiger partial charge on any atom is -0.336 e. The maximum Gasteiger partial charge on any atom is 0.0946 e. The SMILES string of the molecule is Cc1cc(CNCCn2ccnc2)n(C)n1. The predicted molar refractivity (Wildman–Crippen MR) is 61.9 cm³/mol. The maximum absolute atomic E-state index is 4.30. The molecule has 2 aromatic rings. The third kappa shape index (κ3) is 2.70. The van der Waals surface area contributed by atoms with Gasteiger partial charge in [-0.1, -0.05) is 0 Å². The molecule has 0 amide bonds. The van der Waals surface area contributed by atoms with Crippen LogP contribution in [0.1, 0.15) is 11.4 Å². The van der Waals surface area contributed by atoms with Crippen molar-refractivity contribution < 1.29 is 0 Å². The lowest BCUT2D eigenvalue weighted by Gasteiger charge is -2.05. The fraction of sp³-hybridized carbons (Fsp3) is 0.455. The Morgan fingerprint density at radius 3 is 2.94 bits per heavy atom. The van der Waals surface area contributed by atoms with Gasteiger partial charge in [-0.3, -0.25) is 4.68 Å². The van der Waals surface area contributed by atoms with Crippen molar-refractivity contribution in [1.29, 1.82) is 0 Å². The van der Waals surface area contributed by atoms with Crippen LogP contribution in [0.3, 0.4) is 0 Å². The zero-order chi connectivity index (χ0) is 11.4. The minimum absolute atomic E-state index is 0.853. The van der Waals surface area contributed by atoms with E-state index in [1.54, 1.807) is 6.20 Å². The second-order valence-electron chi connectivity index (χ2n) is 3.88. The van der Waals surface area contributed by atoms with Gasteiger partial charge in [-0.25, -0.2) is 4.98 Å². The zero-order valence-electron chi connectivity index (χ0n) is 9.72. The van der Waals surface area contributed by atoms with Crippen molar-refractivity contribution in [3.8, 4) is 0 Å². The van der Waals surface area contributed by atoms with Gasteiger partial charge >= 0.3 is 0 Å². The molecular formula is C11H17N5. The van der Waals surface area contributed by atoms with Gasteiger partial charge in [0.25, 0.3) is 0 Å². The lowest BCUT2D eigenvalue weighted by atomic mass is 10.3. The van der Waals surface area contributed by atoms with Crippen LogP contribution in [-0.4, -0.2) is 25.9 Å². The van der Waals surface area contributed by atoms with E-state index in [0.717, 1.165) is 25.3 Å². The van der Waals surface area contributed by atoms with E-state index in [9.17, 15) is 0 Å². The van der Waals surface area contributed by atoms with Crippen LogP contribution in [0.15, 0.2) is 24.8 Å². The summed E-state index contributed by atoms with van der Waals surface area (Å²) in [7, 11) is 1.97. The molecule has 5 nitrogen and oxygen atoms in total. The van der Waals surface area contributed by atoms with Crippen molar-refractivity contribution in [2.75, 3.05) is 6.54 Å². The van der Waals surface area contributed by atoms with Crippen molar-refractivity contribution in [3.63, 3.8) is 0 Å². The predicted octanol–water partition coefficient (Wildman–Crippen LogP) is 0.715. The van der Waals surface area contributed by atoms with Crippen LogP contribution in [0.25, 0.3) is 0 Å². The van der Waals surface area contributed by atoms with E-state index in [1.165, 1.54) is 5.69 Å². The van der Waals surface area contributed by atoms with Gasteiger partial charge in [-0.15, -0.1) is 0 Å². The summed E-state index contributed by atoms with van der Waals surface area (Å²) < 4.78 is 3.97. The number of rotatable bonds is 5. The van der Waals surface area contributed by atoms with Gasteiger partial charge < -0.3 is 9.88 Å². The largest absolute Gasteiger partial charge is 0.336 e. The summed E-state index contributed by atoms with van der Waals surface area (Å²) in [6.45, 7) is 4.73. The van der Waals surface area contributed by atoms with E-state index in [2.05, 4.69) is 26.0 Å². The normalized spacial score (nSPS) is 10.9. The molecule has 0 unspecified atom stereocenters. The monoisotopic (exact) mass is 219 g/mol. The average molecular weight is 219 g/mol. The molecule has 1 N–H and O–H groups in total. The van der Waals surface area contributed by atoms with Crippen LogP contribution in [0.5, 0.6) is 0 Å². The molecule has 0 aromatic carbocycles. The highest BCUT2D eigenvalue weighted by Crippen LogP contribution is 2.00. The summed E-state index contributed by atoms with van der Waals surface area (Å²) in [6, 6.07) is 2.10. The van der Waals surface area contributed by atoms with E-state index in [-0.39, 0.29) is 0 Å². The summed E-state index contributed by atoms with van der Waals surface area (Å²) in [6.07, 6.45) is 5.59. The smallest absolute Gasteiger partial charge is 0.0946 e. The van der Waals surface area contributed by atoms with Crippen molar-refractivity contribution in [3.05, 3.63) is 36.2 Å².